The fraction of sp³-hybridized carbons (Fsp3) is 0.0732. The monoisotopic (exact) mass is 630 g/mol. The summed E-state index contributed by atoms with van der Waals surface area (Å²) >= 11 is 0. The number of aryl methyl sites for hydroxylation is 2. The van der Waals surface area contributed by atoms with Gasteiger partial charge in [0, 0.05) is 21.5 Å². The molecule has 230 valence electrons. The summed E-state index contributed by atoms with van der Waals surface area (Å²) in [7, 11) is 0. The van der Waals surface area contributed by atoms with Crippen molar-refractivity contribution in [2.24, 2.45) is 0 Å². The Labute approximate surface area is 273 Å². The van der Waals surface area contributed by atoms with E-state index in [2.05, 4.69) is 18.2 Å². The highest BCUT2D eigenvalue weighted by molar-refractivity contribution is 6.11. The summed E-state index contributed by atoms with van der Waals surface area (Å²) < 4.78 is 45.3. The van der Waals surface area contributed by atoms with Gasteiger partial charge < -0.3 is 9.13 Å². The normalized spacial score (nSPS) is 11.8. The number of aromatic nitrogens is 2. The fourth-order valence-electron chi connectivity index (χ4n) is 6.99. The molecule has 8 rings (SSSR count). The summed E-state index contributed by atoms with van der Waals surface area (Å²) in [4.78, 5) is 0. The number of nitriles is 2. The quantitative estimate of drug-likeness (QED) is 0.195. The molecule has 48 heavy (non-hydrogen) atoms. The predicted octanol–water partition coefficient (Wildman–Crippen LogP) is 10.9. The second kappa shape index (κ2) is 10.6. The van der Waals surface area contributed by atoms with Crippen LogP contribution in [0.25, 0.3) is 66.1 Å². The Hall–Kier alpha value is -6.31. The van der Waals surface area contributed by atoms with E-state index in [-0.39, 0.29) is 5.56 Å². The van der Waals surface area contributed by atoms with Crippen LogP contribution < -0.4 is 0 Å². The molecule has 0 amide bonds. The Bertz CT molecular complexity index is 2570. The van der Waals surface area contributed by atoms with Crippen LogP contribution in [0.4, 0.5) is 13.2 Å². The van der Waals surface area contributed by atoms with Gasteiger partial charge in [-0.15, -0.1) is 0 Å². The average Bonchev–Trinajstić information content (AvgIpc) is 3.59. The molecule has 0 saturated carbocycles. The maximum atomic E-state index is 13.7. The zero-order chi connectivity index (χ0) is 33.3. The van der Waals surface area contributed by atoms with Gasteiger partial charge in [-0.3, -0.25) is 0 Å². The lowest BCUT2D eigenvalue weighted by Gasteiger charge is -2.19. The van der Waals surface area contributed by atoms with Crippen molar-refractivity contribution in [2.45, 2.75) is 20.0 Å². The molecule has 0 fully saturated rings. The second-order valence-electron chi connectivity index (χ2n) is 12.1. The fourth-order valence-corrected chi connectivity index (χ4v) is 6.99. The summed E-state index contributed by atoms with van der Waals surface area (Å²) in [6.07, 6.45) is -4.60. The van der Waals surface area contributed by atoms with Crippen LogP contribution in [0.5, 0.6) is 0 Å². The van der Waals surface area contributed by atoms with E-state index >= 15 is 0 Å². The van der Waals surface area contributed by atoms with E-state index in [1.54, 1.807) is 0 Å². The highest BCUT2D eigenvalue weighted by Crippen LogP contribution is 2.41. The molecular formula is C41H25F3N4. The van der Waals surface area contributed by atoms with Crippen molar-refractivity contribution in [1.29, 1.82) is 10.5 Å². The summed E-state index contributed by atoms with van der Waals surface area (Å²) in [5.74, 6) is 0. The molecule has 0 bridgehead atoms. The summed E-state index contributed by atoms with van der Waals surface area (Å²) in [6, 6.07) is 39.6. The molecule has 0 aliphatic carbocycles. The number of nitrogens with zero attached hydrogens (tertiary/aromatic N) is 4. The van der Waals surface area contributed by atoms with Crippen molar-refractivity contribution < 1.29 is 13.2 Å². The standard InChI is InChI=1S/C41H25F3N4/c1-24-11-15-37-32(17-24)30-7-3-5-9-35(30)47(37)39-20-26(29-14-13-28(41(42,43)44)19-27(29)22-45)21-40(34(39)23-46)48-36-10-6-4-8-31(36)33-18-25(2)12-16-38(33)48/h3-21H,1-2H3. The van der Waals surface area contributed by atoms with Crippen LogP contribution in [-0.2, 0) is 6.18 Å². The van der Waals surface area contributed by atoms with E-state index in [1.165, 1.54) is 6.07 Å². The van der Waals surface area contributed by atoms with Gasteiger partial charge in [0.15, 0.2) is 0 Å². The van der Waals surface area contributed by atoms with E-state index in [9.17, 15) is 23.7 Å². The zero-order valence-electron chi connectivity index (χ0n) is 25.9. The molecule has 8 aromatic rings. The van der Waals surface area contributed by atoms with Gasteiger partial charge in [0.05, 0.1) is 50.6 Å². The van der Waals surface area contributed by atoms with Crippen molar-refractivity contribution in [2.75, 3.05) is 0 Å². The van der Waals surface area contributed by atoms with Gasteiger partial charge in [0.1, 0.15) is 11.6 Å². The van der Waals surface area contributed by atoms with Crippen LogP contribution in [0.2, 0.25) is 0 Å². The number of benzene rings is 6. The largest absolute Gasteiger partial charge is 0.416 e. The Morgan fingerprint density at radius 2 is 1.04 bits per heavy atom. The molecule has 0 aliphatic rings. The molecule has 6 aromatic carbocycles. The van der Waals surface area contributed by atoms with Crippen LogP contribution in [0.3, 0.4) is 0 Å². The molecule has 0 N–H and O–H groups in total. The van der Waals surface area contributed by atoms with Crippen molar-refractivity contribution in [1.82, 2.24) is 9.13 Å². The highest BCUT2D eigenvalue weighted by Gasteiger charge is 2.31. The zero-order valence-corrected chi connectivity index (χ0v) is 25.9. The topological polar surface area (TPSA) is 57.4 Å². The molecule has 0 radical (unpaired) electrons. The van der Waals surface area contributed by atoms with E-state index in [0.717, 1.165) is 66.9 Å². The van der Waals surface area contributed by atoms with Crippen LogP contribution >= 0.6 is 0 Å². The van der Waals surface area contributed by atoms with Crippen LogP contribution in [0, 0.1) is 36.5 Å². The van der Waals surface area contributed by atoms with Gasteiger partial charge >= 0.3 is 6.18 Å². The number of fused-ring (bicyclic) bond motifs is 6. The van der Waals surface area contributed by atoms with Gasteiger partial charge in [-0.1, -0.05) is 65.7 Å². The molecule has 0 aliphatic heterocycles. The first-order valence-electron chi connectivity index (χ1n) is 15.4. The molecule has 4 nitrogen and oxygen atoms in total. The van der Waals surface area contributed by atoms with Crippen LogP contribution in [-0.4, -0.2) is 9.13 Å². The van der Waals surface area contributed by atoms with Gasteiger partial charge in [-0.2, -0.15) is 23.7 Å². The van der Waals surface area contributed by atoms with Crippen LogP contribution in [0.15, 0.2) is 115 Å². The molecule has 0 spiro atoms. The summed E-state index contributed by atoms with van der Waals surface area (Å²) in [5, 5.41) is 25.2. The number of halogens is 3. The number of hydrogen-bond donors (Lipinski definition) is 0. The second-order valence-corrected chi connectivity index (χ2v) is 12.1. The number of para-hydroxylation sites is 2. The maximum Gasteiger partial charge on any atom is 0.416 e. The molecule has 0 atom stereocenters. The molecule has 0 saturated heterocycles. The van der Waals surface area contributed by atoms with Crippen molar-refractivity contribution in [3.63, 3.8) is 0 Å². The van der Waals surface area contributed by atoms with Gasteiger partial charge in [0.2, 0.25) is 0 Å². The van der Waals surface area contributed by atoms with E-state index < -0.39 is 11.7 Å². The minimum absolute atomic E-state index is 0.109. The smallest absolute Gasteiger partial charge is 0.308 e. The maximum absolute atomic E-state index is 13.7. The lowest BCUT2D eigenvalue weighted by molar-refractivity contribution is -0.137. The third-order valence-corrected chi connectivity index (χ3v) is 9.12. The van der Waals surface area contributed by atoms with Gasteiger partial charge in [-0.05, 0) is 85.6 Å². The average molecular weight is 631 g/mol. The molecule has 2 aromatic heterocycles. The van der Waals surface area contributed by atoms with E-state index in [4.69, 9.17) is 0 Å². The predicted molar refractivity (Wildman–Crippen MR) is 184 cm³/mol. The first-order chi connectivity index (χ1) is 23.2. The van der Waals surface area contributed by atoms with Gasteiger partial charge in [-0.25, -0.2) is 0 Å². The first-order valence-corrected chi connectivity index (χ1v) is 15.4. The summed E-state index contributed by atoms with van der Waals surface area (Å²) in [5.41, 5.74) is 7.04. The molecular weight excluding hydrogens is 605 g/mol. The minimum Gasteiger partial charge on any atom is -0.308 e. The third-order valence-electron chi connectivity index (χ3n) is 9.12. The van der Waals surface area contributed by atoms with E-state index in [0.29, 0.717) is 28.1 Å². The highest BCUT2D eigenvalue weighted by atomic mass is 19.4. The minimum atomic E-state index is -4.60. The number of alkyl halides is 3. The lowest BCUT2D eigenvalue weighted by atomic mass is 9.95. The Morgan fingerprint density at radius 3 is 1.52 bits per heavy atom. The Morgan fingerprint density at radius 1 is 0.542 bits per heavy atom. The Balaban J connectivity index is 1.56. The molecule has 0 unspecified atom stereocenters. The SMILES string of the molecule is Cc1ccc2c(c1)c1ccccc1n2-c1cc(-c2ccc(C(F)(F)F)cc2C#N)cc(-n2c3ccccc3c3cc(C)ccc32)c1C#N. The van der Waals surface area contributed by atoms with Crippen molar-refractivity contribution in [3.05, 3.63) is 143 Å². The summed E-state index contributed by atoms with van der Waals surface area (Å²) in [6.45, 7) is 4.06. The third kappa shape index (κ3) is 4.36. The number of hydrogen-bond acceptors (Lipinski definition) is 2. The molecule has 7 heteroatoms. The van der Waals surface area contributed by atoms with Gasteiger partial charge in [0.25, 0.3) is 0 Å². The number of rotatable bonds is 3. The van der Waals surface area contributed by atoms with E-state index in [1.807, 2.05) is 114 Å². The van der Waals surface area contributed by atoms with Crippen LogP contribution in [0.1, 0.15) is 27.8 Å². The first kappa shape index (κ1) is 29.1. The van der Waals surface area contributed by atoms with Crippen molar-refractivity contribution >= 4 is 43.6 Å². The van der Waals surface area contributed by atoms with Crippen molar-refractivity contribution in [3.8, 4) is 34.6 Å². The molecule has 2 heterocycles. The Kier molecular flexibility index (Phi) is 6.44. The lowest BCUT2D eigenvalue weighted by Crippen LogP contribution is -2.07.